The van der Waals surface area contributed by atoms with Crippen molar-refractivity contribution in [3.63, 3.8) is 0 Å². The van der Waals surface area contributed by atoms with Crippen LogP contribution in [0.1, 0.15) is 10.6 Å². The van der Waals surface area contributed by atoms with E-state index in [1.165, 1.54) is 12.4 Å². The molecule has 20 heavy (non-hydrogen) atoms. The molecular formula is C10H4Cl2N2O5S. The molecule has 1 N–H and O–H groups in total. The van der Waals surface area contributed by atoms with Gasteiger partial charge in [0.1, 0.15) is 0 Å². The molecule has 0 unspecified atom stereocenters. The molecule has 0 aromatic carbocycles. The van der Waals surface area contributed by atoms with Crippen molar-refractivity contribution in [2.45, 2.75) is 9.99 Å². The van der Waals surface area contributed by atoms with Crippen molar-refractivity contribution in [3.05, 3.63) is 44.4 Å². The van der Waals surface area contributed by atoms with Gasteiger partial charge in [-0.25, -0.2) is 4.79 Å². The Hall–Kier alpha value is -1.77. The van der Waals surface area contributed by atoms with E-state index in [9.17, 15) is 14.9 Å². The van der Waals surface area contributed by atoms with Crippen LogP contribution in [-0.2, 0) is 0 Å². The van der Waals surface area contributed by atoms with Crippen molar-refractivity contribution in [2.24, 2.45) is 0 Å². The van der Waals surface area contributed by atoms with Crippen molar-refractivity contribution >= 4 is 46.6 Å². The Bertz CT molecular complexity index is 683. The molecule has 10 heteroatoms. The lowest BCUT2D eigenvalue weighted by Crippen LogP contribution is -1.92. The second-order valence-electron chi connectivity index (χ2n) is 3.38. The molecule has 0 atom stereocenters. The molecular weight excluding hydrogens is 331 g/mol. The van der Waals surface area contributed by atoms with Crippen LogP contribution in [-0.4, -0.2) is 21.0 Å². The molecule has 0 aliphatic rings. The van der Waals surface area contributed by atoms with Crippen LogP contribution in [0.2, 0.25) is 10.0 Å². The number of hydrogen-bond acceptors (Lipinski definition) is 6. The third-order valence-electron chi connectivity index (χ3n) is 2.09. The van der Waals surface area contributed by atoms with Gasteiger partial charge in [-0.3, -0.25) is 15.1 Å². The van der Waals surface area contributed by atoms with Crippen molar-refractivity contribution in [3.8, 4) is 0 Å². The molecule has 0 fully saturated rings. The van der Waals surface area contributed by atoms with Crippen molar-refractivity contribution in [2.75, 3.05) is 0 Å². The number of nitrogens with zero attached hydrogens (tertiary/aromatic N) is 2. The Morgan fingerprint density at radius 1 is 1.40 bits per heavy atom. The zero-order valence-electron chi connectivity index (χ0n) is 9.37. The molecule has 2 heterocycles. The van der Waals surface area contributed by atoms with Gasteiger partial charge < -0.3 is 9.52 Å². The minimum absolute atomic E-state index is 0.171. The standard InChI is InChI=1S/C10H4Cl2N2O5S/c11-4-2-13-3-5(12)8(4)20-10-6(14(17)18)1-7(19-10)9(15)16/h1-3H,(H,15,16). The van der Waals surface area contributed by atoms with Gasteiger partial charge in [0.25, 0.3) is 0 Å². The van der Waals surface area contributed by atoms with E-state index >= 15 is 0 Å². The Morgan fingerprint density at radius 2 is 2.00 bits per heavy atom. The lowest BCUT2D eigenvalue weighted by atomic mass is 10.4. The number of carbonyl (C=O) groups is 1. The van der Waals surface area contributed by atoms with Crippen LogP contribution in [0.15, 0.2) is 32.9 Å². The molecule has 0 aliphatic heterocycles. The summed E-state index contributed by atoms with van der Waals surface area (Å²) in [6.45, 7) is 0. The van der Waals surface area contributed by atoms with E-state index in [0.29, 0.717) is 0 Å². The maximum absolute atomic E-state index is 10.9. The van der Waals surface area contributed by atoms with Crippen LogP contribution in [0.5, 0.6) is 0 Å². The van der Waals surface area contributed by atoms with Gasteiger partial charge in [-0.05, 0) is 11.8 Å². The highest BCUT2D eigenvalue weighted by atomic mass is 35.5. The second kappa shape index (κ2) is 5.70. The first-order valence-corrected chi connectivity index (χ1v) is 6.45. The molecule has 2 rings (SSSR count). The highest BCUT2D eigenvalue weighted by molar-refractivity contribution is 7.99. The van der Waals surface area contributed by atoms with Gasteiger partial charge in [-0.1, -0.05) is 23.2 Å². The van der Waals surface area contributed by atoms with Gasteiger partial charge in [0.2, 0.25) is 10.9 Å². The van der Waals surface area contributed by atoms with Gasteiger partial charge in [-0.2, -0.15) is 0 Å². The first-order valence-electron chi connectivity index (χ1n) is 4.88. The summed E-state index contributed by atoms with van der Waals surface area (Å²) in [6, 6.07) is 0.827. The number of rotatable bonds is 4. The highest BCUT2D eigenvalue weighted by Crippen LogP contribution is 2.42. The van der Waals surface area contributed by atoms with E-state index in [2.05, 4.69) is 4.98 Å². The summed E-state index contributed by atoms with van der Waals surface area (Å²) in [7, 11) is 0. The van der Waals surface area contributed by atoms with Crippen LogP contribution >= 0.6 is 35.0 Å². The fraction of sp³-hybridized carbons (Fsp3) is 0. The van der Waals surface area contributed by atoms with E-state index in [-0.39, 0.29) is 20.0 Å². The van der Waals surface area contributed by atoms with Crippen molar-refractivity contribution in [1.29, 1.82) is 0 Å². The zero-order valence-corrected chi connectivity index (χ0v) is 11.7. The van der Waals surface area contributed by atoms with Gasteiger partial charge in [-0.15, -0.1) is 0 Å². The molecule has 0 spiro atoms. The monoisotopic (exact) mass is 334 g/mol. The molecule has 7 nitrogen and oxygen atoms in total. The lowest BCUT2D eigenvalue weighted by molar-refractivity contribution is -0.388. The van der Waals surface area contributed by atoms with E-state index in [4.69, 9.17) is 32.7 Å². The number of carboxylic acids is 1. The van der Waals surface area contributed by atoms with Gasteiger partial charge in [0.15, 0.2) is 0 Å². The first kappa shape index (κ1) is 14.6. The van der Waals surface area contributed by atoms with Crippen molar-refractivity contribution in [1.82, 2.24) is 4.98 Å². The average molecular weight is 335 g/mol. The summed E-state index contributed by atoms with van der Waals surface area (Å²) in [5.41, 5.74) is -0.476. The van der Waals surface area contributed by atoms with Crippen LogP contribution in [0.4, 0.5) is 5.69 Å². The number of pyridine rings is 1. The summed E-state index contributed by atoms with van der Waals surface area (Å²) < 4.78 is 4.94. The predicted octanol–water partition coefficient (Wildman–Crippen LogP) is 3.74. The van der Waals surface area contributed by atoms with E-state index in [0.717, 1.165) is 17.8 Å². The number of halogens is 2. The largest absolute Gasteiger partial charge is 0.475 e. The normalized spacial score (nSPS) is 10.5. The minimum atomic E-state index is -1.41. The number of nitro groups is 1. The number of aromatic carboxylic acids is 1. The number of hydrogen-bond donors (Lipinski definition) is 1. The highest BCUT2D eigenvalue weighted by Gasteiger charge is 2.26. The smallest absolute Gasteiger partial charge is 0.372 e. The number of aromatic nitrogens is 1. The lowest BCUT2D eigenvalue weighted by Gasteiger charge is -2.02. The zero-order chi connectivity index (χ0) is 14.9. The van der Waals surface area contributed by atoms with Gasteiger partial charge in [0.05, 0.1) is 25.9 Å². The summed E-state index contributed by atoms with van der Waals surface area (Å²) in [6.07, 6.45) is 2.62. The fourth-order valence-corrected chi connectivity index (χ4v) is 2.71. The maximum atomic E-state index is 10.9. The van der Waals surface area contributed by atoms with Crippen LogP contribution in [0.3, 0.4) is 0 Å². The molecule has 2 aromatic heterocycles. The molecule has 2 aromatic rings. The fourth-order valence-electron chi connectivity index (χ4n) is 1.26. The van der Waals surface area contributed by atoms with E-state index in [1.807, 2.05) is 0 Å². The Labute approximate surface area is 125 Å². The third-order valence-corrected chi connectivity index (χ3v) is 4.01. The number of carboxylic acid groups (broad SMARTS) is 1. The molecule has 0 amide bonds. The Kier molecular flexibility index (Phi) is 4.17. The quantitative estimate of drug-likeness (QED) is 0.670. The summed E-state index contributed by atoms with van der Waals surface area (Å²) in [5, 5.41) is 19.8. The topological polar surface area (TPSA) is 106 Å². The Balaban J connectivity index is 2.47. The van der Waals surface area contributed by atoms with Crippen molar-refractivity contribution < 1.29 is 19.2 Å². The Morgan fingerprint density at radius 3 is 2.50 bits per heavy atom. The average Bonchev–Trinajstić information content (AvgIpc) is 2.78. The predicted molar refractivity (Wildman–Crippen MR) is 70.7 cm³/mol. The van der Waals surface area contributed by atoms with Gasteiger partial charge in [0, 0.05) is 12.4 Å². The summed E-state index contributed by atoms with van der Waals surface area (Å²) in [5.74, 6) is -1.95. The third kappa shape index (κ3) is 2.87. The van der Waals surface area contributed by atoms with E-state index < -0.39 is 22.3 Å². The van der Waals surface area contributed by atoms with Crippen LogP contribution in [0.25, 0.3) is 0 Å². The van der Waals surface area contributed by atoms with Crippen LogP contribution in [0, 0.1) is 10.1 Å². The molecule has 0 aliphatic carbocycles. The van der Waals surface area contributed by atoms with Crippen LogP contribution < -0.4 is 0 Å². The first-order chi connectivity index (χ1) is 9.40. The molecule has 0 saturated heterocycles. The minimum Gasteiger partial charge on any atom is -0.475 e. The summed E-state index contributed by atoms with van der Waals surface area (Å²) in [4.78, 5) is 24.9. The van der Waals surface area contributed by atoms with E-state index in [1.54, 1.807) is 0 Å². The SMILES string of the molecule is O=C(O)c1cc([N+](=O)[O-])c(Sc2c(Cl)cncc2Cl)o1. The number of furan rings is 1. The maximum Gasteiger partial charge on any atom is 0.372 e. The molecule has 104 valence electrons. The molecule has 0 radical (unpaired) electrons. The second-order valence-corrected chi connectivity index (χ2v) is 5.18. The van der Waals surface area contributed by atoms with Gasteiger partial charge >= 0.3 is 11.7 Å². The molecule has 0 bridgehead atoms. The summed E-state index contributed by atoms with van der Waals surface area (Å²) >= 11 is 12.5. The molecule has 0 saturated carbocycles.